The van der Waals surface area contributed by atoms with E-state index >= 15 is 0 Å². The molecule has 0 aliphatic heterocycles. The van der Waals surface area contributed by atoms with Gasteiger partial charge in [-0.3, -0.25) is 4.98 Å². The summed E-state index contributed by atoms with van der Waals surface area (Å²) < 4.78 is 0. The van der Waals surface area contributed by atoms with Crippen LogP contribution in [-0.2, 0) is 0 Å². The van der Waals surface area contributed by atoms with Gasteiger partial charge in [-0.2, -0.15) is 0 Å². The first-order valence-corrected chi connectivity index (χ1v) is 6.33. The minimum Gasteiger partial charge on any atom is -0.253 e. The Morgan fingerprint density at radius 1 is 1.24 bits per heavy atom. The Morgan fingerprint density at radius 3 is 2.94 bits per heavy atom. The van der Waals surface area contributed by atoms with Crippen LogP contribution in [0.2, 0.25) is 5.15 Å². The second-order valence-electron chi connectivity index (χ2n) is 3.70. The third kappa shape index (κ3) is 1.90. The average molecular weight is 262 g/mol. The van der Waals surface area contributed by atoms with E-state index in [4.69, 9.17) is 11.6 Å². The molecule has 3 rings (SSSR count). The fourth-order valence-corrected chi connectivity index (χ4v) is 2.64. The van der Waals surface area contributed by atoms with Gasteiger partial charge in [-0.15, -0.1) is 11.3 Å². The van der Waals surface area contributed by atoms with Crippen LogP contribution in [-0.4, -0.2) is 15.0 Å². The zero-order valence-corrected chi connectivity index (χ0v) is 10.6. The van der Waals surface area contributed by atoms with Crippen molar-refractivity contribution >= 4 is 33.2 Å². The van der Waals surface area contributed by atoms with Gasteiger partial charge in [-0.1, -0.05) is 11.6 Å². The zero-order chi connectivity index (χ0) is 11.8. The first-order chi connectivity index (χ1) is 8.24. The lowest BCUT2D eigenvalue weighted by Crippen LogP contribution is -1.92. The number of aromatic nitrogens is 3. The molecule has 3 heterocycles. The van der Waals surface area contributed by atoms with Gasteiger partial charge >= 0.3 is 0 Å². The van der Waals surface area contributed by atoms with E-state index in [2.05, 4.69) is 15.0 Å². The Hall–Kier alpha value is -1.52. The number of pyridine rings is 1. The summed E-state index contributed by atoms with van der Waals surface area (Å²) in [6.07, 6.45) is 1.75. The van der Waals surface area contributed by atoms with E-state index in [-0.39, 0.29) is 0 Å². The van der Waals surface area contributed by atoms with Crippen LogP contribution in [0.4, 0.5) is 0 Å². The van der Waals surface area contributed by atoms with Crippen LogP contribution >= 0.6 is 22.9 Å². The maximum absolute atomic E-state index is 6.12. The molecule has 0 aromatic carbocycles. The summed E-state index contributed by atoms with van der Waals surface area (Å²) in [5.41, 5.74) is 1.88. The van der Waals surface area contributed by atoms with Gasteiger partial charge in [-0.05, 0) is 36.1 Å². The molecule has 0 fully saturated rings. The van der Waals surface area contributed by atoms with Gasteiger partial charge in [0.1, 0.15) is 15.7 Å². The van der Waals surface area contributed by atoms with Crippen LogP contribution in [0.5, 0.6) is 0 Å². The van der Waals surface area contributed by atoms with Crippen molar-refractivity contribution in [3.63, 3.8) is 0 Å². The highest BCUT2D eigenvalue weighted by atomic mass is 35.5. The van der Waals surface area contributed by atoms with Crippen molar-refractivity contribution in [2.24, 2.45) is 0 Å². The van der Waals surface area contributed by atoms with E-state index in [1.54, 1.807) is 17.5 Å². The number of aryl methyl sites for hydroxylation is 1. The van der Waals surface area contributed by atoms with Crippen molar-refractivity contribution in [2.45, 2.75) is 6.92 Å². The minimum atomic E-state index is 0.481. The monoisotopic (exact) mass is 261 g/mol. The van der Waals surface area contributed by atoms with E-state index in [0.717, 1.165) is 21.5 Å². The van der Waals surface area contributed by atoms with Crippen molar-refractivity contribution in [2.75, 3.05) is 0 Å². The molecule has 3 aromatic heterocycles. The van der Waals surface area contributed by atoms with E-state index in [0.29, 0.717) is 11.0 Å². The molecule has 17 heavy (non-hydrogen) atoms. The van der Waals surface area contributed by atoms with Crippen LogP contribution < -0.4 is 0 Å². The topological polar surface area (TPSA) is 38.7 Å². The highest BCUT2D eigenvalue weighted by molar-refractivity contribution is 7.16. The van der Waals surface area contributed by atoms with Gasteiger partial charge in [0.05, 0.1) is 0 Å². The molecule has 0 unspecified atom stereocenters. The number of halogens is 1. The SMILES string of the molecule is Cc1ccnc(-c2nc(Cl)c3ccsc3n2)c1. The fourth-order valence-electron chi connectivity index (χ4n) is 1.59. The first-order valence-electron chi connectivity index (χ1n) is 5.08. The van der Waals surface area contributed by atoms with Crippen molar-refractivity contribution in [3.05, 3.63) is 40.5 Å². The van der Waals surface area contributed by atoms with Crippen LogP contribution in [0.25, 0.3) is 21.7 Å². The Balaban J connectivity index is 2.23. The fraction of sp³-hybridized carbons (Fsp3) is 0.0833. The highest BCUT2D eigenvalue weighted by Crippen LogP contribution is 2.27. The molecule has 5 heteroatoms. The normalized spacial score (nSPS) is 10.9. The molecule has 0 atom stereocenters. The Kier molecular flexibility index (Phi) is 2.53. The molecule has 0 N–H and O–H groups in total. The van der Waals surface area contributed by atoms with Crippen LogP contribution in [0.15, 0.2) is 29.8 Å². The van der Waals surface area contributed by atoms with Gasteiger partial charge in [0.2, 0.25) is 0 Å². The lowest BCUT2D eigenvalue weighted by molar-refractivity contribution is 1.17. The number of rotatable bonds is 1. The lowest BCUT2D eigenvalue weighted by atomic mass is 10.2. The van der Waals surface area contributed by atoms with E-state index < -0.39 is 0 Å². The van der Waals surface area contributed by atoms with Crippen molar-refractivity contribution < 1.29 is 0 Å². The number of hydrogen-bond acceptors (Lipinski definition) is 4. The number of nitrogens with zero attached hydrogens (tertiary/aromatic N) is 3. The smallest absolute Gasteiger partial charge is 0.180 e. The van der Waals surface area contributed by atoms with Crippen molar-refractivity contribution in [1.29, 1.82) is 0 Å². The van der Waals surface area contributed by atoms with Crippen LogP contribution in [0, 0.1) is 6.92 Å². The molecule has 0 bridgehead atoms. The Morgan fingerprint density at radius 2 is 2.12 bits per heavy atom. The van der Waals surface area contributed by atoms with E-state index in [9.17, 15) is 0 Å². The van der Waals surface area contributed by atoms with Gasteiger partial charge in [0.15, 0.2) is 5.82 Å². The second-order valence-corrected chi connectivity index (χ2v) is 4.95. The molecular formula is C12H8ClN3S. The molecule has 3 nitrogen and oxygen atoms in total. The van der Waals surface area contributed by atoms with E-state index in [1.165, 1.54) is 0 Å². The summed E-state index contributed by atoms with van der Waals surface area (Å²) in [6.45, 7) is 2.01. The molecule has 0 amide bonds. The van der Waals surface area contributed by atoms with Crippen molar-refractivity contribution in [1.82, 2.24) is 15.0 Å². The molecule has 84 valence electrons. The largest absolute Gasteiger partial charge is 0.253 e. The predicted molar refractivity (Wildman–Crippen MR) is 70.4 cm³/mol. The summed E-state index contributed by atoms with van der Waals surface area (Å²) in [7, 11) is 0. The van der Waals surface area contributed by atoms with Gasteiger partial charge in [-0.25, -0.2) is 9.97 Å². The summed E-state index contributed by atoms with van der Waals surface area (Å²) in [5.74, 6) is 0.577. The summed E-state index contributed by atoms with van der Waals surface area (Å²) in [5, 5.41) is 3.33. The van der Waals surface area contributed by atoms with Crippen LogP contribution in [0.1, 0.15) is 5.56 Å². The number of fused-ring (bicyclic) bond motifs is 1. The summed E-state index contributed by atoms with van der Waals surface area (Å²) >= 11 is 7.67. The average Bonchev–Trinajstić information content (AvgIpc) is 2.77. The van der Waals surface area contributed by atoms with Gasteiger partial charge in [0.25, 0.3) is 0 Å². The molecule has 0 aliphatic rings. The first kappa shape index (κ1) is 10.6. The number of hydrogen-bond donors (Lipinski definition) is 0. The van der Waals surface area contributed by atoms with Gasteiger partial charge in [0, 0.05) is 11.6 Å². The highest BCUT2D eigenvalue weighted by Gasteiger charge is 2.09. The minimum absolute atomic E-state index is 0.481. The van der Waals surface area contributed by atoms with Gasteiger partial charge < -0.3 is 0 Å². The van der Waals surface area contributed by atoms with E-state index in [1.807, 2.05) is 30.5 Å². The third-order valence-electron chi connectivity index (χ3n) is 2.42. The number of thiophene rings is 1. The molecular weight excluding hydrogens is 254 g/mol. The quantitative estimate of drug-likeness (QED) is 0.627. The molecule has 0 spiro atoms. The molecule has 0 saturated carbocycles. The molecule has 0 radical (unpaired) electrons. The Bertz CT molecular complexity index is 693. The Labute approximate surface area is 107 Å². The molecule has 0 saturated heterocycles. The second kappa shape index (κ2) is 4.05. The lowest BCUT2D eigenvalue weighted by Gasteiger charge is -2.01. The maximum atomic E-state index is 6.12. The maximum Gasteiger partial charge on any atom is 0.180 e. The zero-order valence-electron chi connectivity index (χ0n) is 9.01. The van der Waals surface area contributed by atoms with Crippen LogP contribution in [0.3, 0.4) is 0 Å². The predicted octanol–water partition coefficient (Wildman–Crippen LogP) is 3.72. The van der Waals surface area contributed by atoms with Crippen molar-refractivity contribution in [3.8, 4) is 11.5 Å². The third-order valence-corrected chi connectivity index (χ3v) is 3.52. The molecule has 0 aliphatic carbocycles. The summed E-state index contributed by atoms with van der Waals surface area (Å²) in [4.78, 5) is 13.9. The standard InChI is InChI=1S/C12H8ClN3S/c1-7-2-4-14-9(6-7)11-15-10(13)8-3-5-17-12(8)16-11/h2-6H,1H3. The summed E-state index contributed by atoms with van der Waals surface area (Å²) in [6, 6.07) is 5.82. The molecule has 3 aromatic rings.